The molecule has 0 fully saturated rings. The summed E-state index contributed by atoms with van der Waals surface area (Å²) in [6.45, 7) is 4.02. The summed E-state index contributed by atoms with van der Waals surface area (Å²) in [4.78, 5) is 0. The van der Waals surface area contributed by atoms with Gasteiger partial charge in [-0.1, -0.05) is 23.7 Å². The molecule has 104 valence electrons. The highest BCUT2D eigenvalue weighted by atomic mass is 35.5. The molecule has 3 heteroatoms. The van der Waals surface area contributed by atoms with Gasteiger partial charge in [-0.25, -0.2) is 0 Å². The first-order valence-electron chi connectivity index (χ1n) is 6.78. The number of fused-ring (bicyclic) bond motifs is 1. The summed E-state index contributed by atoms with van der Waals surface area (Å²) in [6, 6.07) is 11.5. The van der Waals surface area contributed by atoms with Crippen LogP contribution in [0.25, 0.3) is 0 Å². The van der Waals surface area contributed by atoms with Gasteiger partial charge in [-0.15, -0.1) is 0 Å². The third-order valence-electron chi connectivity index (χ3n) is 3.76. The summed E-state index contributed by atoms with van der Waals surface area (Å²) < 4.78 is 5.69. The molecule has 2 aromatic rings. The Morgan fingerprint density at radius 1 is 1.25 bits per heavy atom. The van der Waals surface area contributed by atoms with E-state index in [1.807, 2.05) is 43.3 Å². The van der Waals surface area contributed by atoms with Gasteiger partial charge in [0.15, 0.2) is 0 Å². The van der Waals surface area contributed by atoms with Gasteiger partial charge in [0.05, 0.1) is 0 Å². The highest BCUT2D eigenvalue weighted by molar-refractivity contribution is 6.30. The first kappa shape index (κ1) is 13.5. The predicted octanol–water partition coefficient (Wildman–Crippen LogP) is 4.05. The fourth-order valence-corrected chi connectivity index (χ4v) is 2.96. The Balaban J connectivity index is 1.95. The van der Waals surface area contributed by atoms with Gasteiger partial charge in [-0.3, -0.25) is 0 Å². The molecular formula is C17H17ClO2. The fourth-order valence-electron chi connectivity index (χ4n) is 2.74. The average molecular weight is 289 g/mol. The summed E-state index contributed by atoms with van der Waals surface area (Å²) in [6.07, 6.45) is 0.485. The highest BCUT2D eigenvalue weighted by Gasteiger charge is 2.21. The molecule has 20 heavy (non-hydrogen) atoms. The number of benzene rings is 2. The molecule has 0 aromatic heterocycles. The summed E-state index contributed by atoms with van der Waals surface area (Å²) in [5.74, 6) is 0.932. The Morgan fingerprint density at radius 3 is 2.80 bits per heavy atom. The number of aliphatic hydroxyl groups is 1. The number of hydrogen-bond acceptors (Lipinski definition) is 2. The largest absolute Gasteiger partial charge is 0.490 e. The molecule has 0 amide bonds. The molecule has 0 aliphatic carbocycles. The molecule has 1 N–H and O–H groups in total. The molecule has 1 aliphatic rings. The van der Waals surface area contributed by atoms with Crippen LogP contribution in [-0.2, 0) is 6.42 Å². The second-order valence-corrected chi connectivity index (χ2v) is 5.84. The van der Waals surface area contributed by atoms with Gasteiger partial charge in [0.2, 0.25) is 0 Å². The monoisotopic (exact) mass is 288 g/mol. The Bertz CT molecular complexity index is 651. The minimum atomic E-state index is -0.631. The maximum absolute atomic E-state index is 10.6. The van der Waals surface area contributed by atoms with Crippen LogP contribution in [0.5, 0.6) is 5.75 Å². The quantitative estimate of drug-likeness (QED) is 0.903. The van der Waals surface area contributed by atoms with E-state index in [1.54, 1.807) is 0 Å². The Labute approximate surface area is 124 Å². The van der Waals surface area contributed by atoms with E-state index in [4.69, 9.17) is 16.3 Å². The summed E-state index contributed by atoms with van der Waals surface area (Å²) in [5, 5.41) is 11.3. The van der Waals surface area contributed by atoms with Crippen LogP contribution in [0.1, 0.15) is 35.3 Å². The molecule has 3 rings (SSSR count). The van der Waals surface area contributed by atoms with E-state index in [0.29, 0.717) is 5.02 Å². The number of rotatable bonds is 2. The minimum Gasteiger partial charge on any atom is -0.490 e. The van der Waals surface area contributed by atoms with E-state index in [2.05, 4.69) is 6.92 Å². The Hall–Kier alpha value is -1.51. The zero-order valence-electron chi connectivity index (χ0n) is 11.6. The van der Waals surface area contributed by atoms with Crippen molar-refractivity contribution in [3.63, 3.8) is 0 Å². The third kappa shape index (κ3) is 2.41. The lowest BCUT2D eigenvalue weighted by Gasteiger charge is -2.15. The van der Waals surface area contributed by atoms with Gasteiger partial charge in [-0.05, 0) is 60.4 Å². The van der Waals surface area contributed by atoms with Crippen LogP contribution in [0, 0.1) is 6.92 Å². The van der Waals surface area contributed by atoms with Gasteiger partial charge >= 0.3 is 0 Å². The molecule has 1 aliphatic heterocycles. The average Bonchev–Trinajstić information content (AvgIpc) is 2.77. The maximum Gasteiger partial charge on any atom is 0.123 e. The number of aryl methyl sites for hydroxylation is 1. The first-order valence-corrected chi connectivity index (χ1v) is 7.16. The standard InChI is InChI=1S/C17H17ClO2/c1-10-7-14(18)4-5-15(10)17(19)12-3-6-16-13(9-12)8-11(2)20-16/h3-7,9,11,17,19H,8H2,1-2H3. The normalized spacial score (nSPS) is 18.5. The van der Waals surface area contributed by atoms with E-state index in [-0.39, 0.29) is 6.10 Å². The molecule has 2 atom stereocenters. The van der Waals surface area contributed by atoms with E-state index < -0.39 is 6.10 Å². The van der Waals surface area contributed by atoms with E-state index >= 15 is 0 Å². The van der Waals surface area contributed by atoms with E-state index in [1.165, 1.54) is 5.56 Å². The summed E-state index contributed by atoms with van der Waals surface area (Å²) in [5.41, 5.74) is 3.95. The van der Waals surface area contributed by atoms with Crippen molar-refractivity contribution in [1.29, 1.82) is 0 Å². The molecule has 0 bridgehead atoms. The van der Waals surface area contributed by atoms with Crippen molar-refractivity contribution in [2.75, 3.05) is 0 Å². The van der Waals surface area contributed by atoms with Gasteiger partial charge in [-0.2, -0.15) is 0 Å². The third-order valence-corrected chi connectivity index (χ3v) is 4.00. The SMILES string of the molecule is Cc1cc(Cl)ccc1C(O)c1ccc2c(c1)CC(C)O2. The smallest absolute Gasteiger partial charge is 0.123 e. The van der Waals surface area contributed by atoms with Crippen molar-refractivity contribution in [3.05, 3.63) is 63.7 Å². The number of ether oxygens (including phenoxy) is 1. The van der Waals surface area contributed by atoms with Crippen molar-refractivity contribution in [2.45, 2.75) is 32.5 Å². The van der Waals surface area contributed by atoms with Crippen LogP contribution in [0.2, 0.25) is 5.02 Å². The molecular weight excluding hydrogens is 272 g/mol. The molecule has 1 heterocycles. The highest BCUT2D eigenvalue weighted by Crippen LogP contribution is 2.33. The van der Waals surface area contributed by atoms with Crippen LogP contribution < -0.4 is 4.74 Å². The van der Waals surface area contributed by atoms with Crippen molar-refractivity contribution in [3.8, 4) is 5.75 Å². The number of halogens is 1. The molecule has 0 saturated heterocycles. The van der Waals surface area contributed by atoms with Crippen molar-refractivity contribution < 1.29 is 9.84 Å². The van der Waals surface area contributed by atoms with Crippen molar-refractivity contribution in [2.24, 2.45) is 0 Å². The molecule has 2 nitrogen and oxygen atoms in total. The molecule has 0 spiro atoms. The van der Waals surface area contributed by atoms with Gasteiger partial charge in [0.1, 0.15) is 18.0 Å². The molecule has 2 aromatic carbocycles. The second kappa shape index (κ2) is 5.12. The Kier molecular flexibility index (Phi) is 3.45. The first-order chi connectivity index (χ1) is 9.54. The molecule has 0 radical (unpaired) electrons. The lowest BCUT2D eigenvalue weighted by molar-refractivity contribution is 0.219. The Morgan fingerprint density at radius 2 is 2.05 bits per heavy atom. The molecule has 0 saturated carbocycles. The van der Waals surface area contributed by atoms with Crippen LogP contribution in [0.3, 0.4) is 0 Å². The van der Waals surface area contributed by atoms with Crippen LogP contribution in [0.4, 0.5) is 0 Å². The van der Waals surface area contributed by atoms with Gasteiger partial charge in [0.25, 0.3) is 0 Å². The fraction of sp³-hybridized carbons (Fsp3) is 0.294. The number of aliphatic hydroxyl groups excluding tert-OH is 1. The predicted molar refractivity (Wildman–Crippen MR) is 80.5 cm³/mol. The summed E-state index contributed by atoms with van der Waals surface area (Å²) >= 11 is 5.96. The molecule has 2 unspecified atom stereocenters. The summed E-state index contributed by atoms with van der Waals surface area (Å²) in [7, 11) is 0. The topological polar surface area (TPSA) is 29.5 Å². The van der Waals surface area contributed by atoms with Crippen LogP contribution >= 0.6 is 11.6 Å². The van der Waals surface area contributed by atoms with Gasteiger partial charge < -0.3 is 9.84 Å². The van der Waals surface area contributed by atoms with Crippen molar-refractivity contribution >= 4 is 11.6 Å². The number of hydrogen-bond donors (Lipinski definition) is 1. The zero-order valence-corrected chi connectivity index (χ0v) is 12.3. The van der Waals surface area contributed by atoms with E-state index in [0.717, 1.165) is 28.9 Å². The van der Waals surface area contributed by atoms with E-state index in [9.17, 15) is 5.11 Å². The minimum absolute atomic E-state index is 0.217. The maximum atomic E-state index is 10.6. The lowest BCUT2D eigenvalue weighted by atomic mass is 9.95. The van der Waals surface area contributed by atoms with Crippen LogP contribution in [0.15, 0.2) is 36.4 Å². The van der Waals surface area contributed by atoms with Gasteiger partial charge in [0, 0.05) is 11.4 Å². The van der Waals surface area contributed by atoms with Crippen LogP contribution in [-0.4, -0.2) is 11.2 Å². The lowest BCUT2D eigenvalue weighted by Crippen LogP contribution is -2.05. The zero-order chi connectivity index (χ0) is 14.3. The second-order valence-electron chi connectivity index (χ2n) is 5.40. The van der Waals surface area contributed by atoms with Crippen molar-refractivity contribution in [1.82, 2.24) is 0 Å².